The molecule has 0 spiro atoms. The third kappa shape index (κ3) is 5.41. The molecule has 0 radical (unpaired) electrons. The van der Waals surface area contributed by atoms with Crippen molar-refractivity contribution >= 4 is 23.5 Å². The summed E-state index contributed by atoms with van der Waals surface area (Å²) in [4.78, 5) is 10.8. The van der Waals surface area contributed by atoms with E-state index < -0.39 is 11.5 Å². The maximum Gasteiger partial charge on any atom is 0.446 e. The summed E-state index contributed by atoms with van der Waals surface area (Å²) < 4.78 is 42.7. The number of benzene rings is 2. The number of primary amides is 1. The predicted molar refractivity (Wildman–Crippen MR) is 82.8 cm³/mol. The van der Waals surface area contributed by atoms with Crippen molar-refractivity contribution in [1.29, 1.82) is 0 Å². The van der Waals surface area contributed by atoms with Gasteiger partial charge in [0.05, 0.1) is 0 Å². The first-order chi connectivity index (χ1) is 10.7. The van der Waals surface area contributed by atoms with Crippen molar-refractivity contribution in [3.63, 3.8) is 0 Å². The van der Waals surface area contributed by atoms with Gasteiger partial charge in [0.1, 0.15) is 11.5 Å². The van der Waals surface area contributed by atoms with Gasteiger partial charge in [-0.1, -0.05) is 0 Å². The number of amides is 2. The molecule has 122 valence electrons. The van der Waals surface area contributed by atoms with Crippen molar-refractivity contribution in [2.45, 2.75) is 17.3 Å². The summed E-state index contributed by atoms with van der Waals surface area (Å²) in [6, 6.07) is 10.1. The molecule has 0 aromatic heterocycles. The molecule has 2 rings (SSSR count). The zero-order valence-corrected chi connectivity index (χ0v) is 12.8. The molecule has 3 N–H and O–H groups in total. The van der Waals surface area contributed by atoms with Crippen LogP contribution in [0, 0.1) is 6.92 Å². The molecule has 4 nitrogen and oxygen atoms in total. The molecule has 0 fully saturated rings. The van der Waals surface area contributed by atoms with E-state index in [1.807, 2.05) is 0 Å². The van der Waals surface area contributed by atoms with E-state index in [9.17, 15) is 18.0 Å². The van der Waals surface area contributed by atoms with E-state index in [-0.39, 0.29) is 16.7 Å². The SMILES string of the molecule is Cc1cc(Oc2ccc(NC(N)=O)cc2)ccc1SC(F)(F)F. The first-order valence-corrected chi connectivity index (χ1v) is 7.25. The van der Waals surface area contributed by atoms with E-state index in [2.05, 4.69) is 5.32 Å². The van der Waals surface area contributed by atoms with Gasteiger partial charge >= 0.3 is 11.5 Å². The first kappa shape index (κ1) is 17.0. The Kier molecular flexibility index (Phi) is 5.05. The maximum atomic E-state index is 12.4. The van der Waals surface area contributed by atoms with Gasteiger partial charge in [-0.2, -0.15) is 13.2 Å². The summed E-state index contributed by atoms with van der Waals surface area (Å²) >= 11 is -0.158. The number of hydrogen-bond donors (Lipinski definition) is 2. The molecule has 0 aliphatic rings. The number of thioether (sulfide) groups is 1. The third-order valence-electron chi connectivity index (χ3n) is 2.73. The Bertz CT molecular complexity index is 703. The summed E-state index contributed by atoms with van der Waals surface area (Å²) in [7, 11) is 0. The molecule has 2 aromatic rings. The Labute approximate surface area is 134 Å². The number of nitrogens with one attached hydrogen (secondary N) is 1. The van der Waals surface area contributed by atoms with Gasteiger partial charge in [0.25, 0.3) is 0 Å². The minimum absolute atomic E-state index is 0.130. The van der Waals surface area contributed by atoms with Crippen LogP contribution in [-0.2, 0) is 0 Å². The lowest BCUT2D eigenvalue weighted by Gasteiger charge is -2.11. The van der Waals surface area contributed by atoms with Gasteiger partial charge in [-0.05, 0) is 66.7 Å². The summed E-state index contributed by atoms with van der Waals surface area (Å²) in [6.45, 7) is 1.58. The number of alkyl halides is 3. The van der Waals surface area contributed by atoms with Crippen LogP contribution in [0.3, 0.4) is 0 Å². The van der Waals surface area contributed by atoms with Crippen molar-refractivity contribution in [2.24, 2.45) is 5.73 Å². The van der Waals surface area contributed by atoms with Crippen molar-refractivity contribution in [1.82, 2.24) is 0 Å². The Morgan fingerprint density at radius 1 is 1.13 bits per heavy atom. The van der Waals surface area contributed by atoms with E-state index in [1.54, 1.807) is 31.2 Å². The Balaban J connectivity index is 2.08. The molecule has 23 heavy (non-hydrogen) atoms. The van der Waals surface area contributed by atoms with E-state index in [0.717, 1.165) is 0 Å². The number of halogens is 3. The summed E-state index contributed by atoms with van der Waals surface area (Å²) in [5, 5.41) is 2.41. The molecule has 2 aromatic carbocycles. The highest BCUT2D eigenvalue weighted by molar-refractivity contribution is 8.00. The van der Waals surface area contributed by atoms with Gasteiger partial charge in [-0.3, -0.25) is 0 Å². The van der Waals surface area contributed by atoms with Gasteiger partial charge in [0, 0.05) is 10.6 Å². The number of urea groups is 1. The molecular formula is C15H13F3N2O2S. The van der Waals surface area contributed by atoms with Crippen molar-refractivity contribution < 1.29 is 22.7 Å². The largest absolute Gasteiger partial charge is 0.457 e. The van der Waals surface area contributed by atoms with Crippen LogP contribution >= 0.6 is 11.8 Å². The number of nitrogens with two attached hydrogens (primary N) is 1. The lowest BCUT2D eigenvalue weighted by molar-refractivity contribution is -0.0328. The van der Waals surface area contributed by atoms with Gasteiger partial charge < -0.3 is 15.8 Å². The fourth-order valence-corrected chi connectivity index (χ4v) is 2.41. The second kappa shape index (κ2) is 6.82. The average Bonchev–Trinajstić information content (AvgIpc) is 2.42. The highest BCUT2D eigenvalue weighted by Crippen LogP contribution is 2.39. The minimum Gasteiger partial charge on any atom is -0.457 e. The predicted octanol–water partition coefficient (Wildman–Crippen LogP) is 4.89. The molecule has 0 aliphatic heterocycles. The quantitative estimate of drug-likeness (QED) is 0.778. The van der Waals surface area contributed by atoms with E-state index >= 15 is 0 Å². The highest BCUT2D eigenvalue weighted by atomic mass is 32.2. The maximum absolute atomic E-state index is 12.4. The van der Waals surface area contributed by atoms with Crippen LogP contribution < -0.4 is 15.8 Å². The number of carbonyl (C=O) groups is 1. The fourth-order valence-electron chi connectivity index (χ4n) is 1.81. The molecule has 0 atom stereocenters. The molecule has 2 amide bonds. The molecule has 0 saturated carbocycles. The Morgan fingerprint density at radius 2 is 1.74 bits per heavy atom. The normalized spacial score (nSPS) is 11.1. The molecule has 8 heteroatoms. The lowest BCUT2D eigenvalue weighted by Crippen LogP contribution is -2.19. The summed E-state index contributed by atoms with van der Waals surface area (Å²) in [5.41, 5.74) is 1.66. The summed E-state index contributed by atoms with van der Waals surface area (Å²) in [5.74, 6) is 0.903. The van der Waals surface area contributed by atoms with Gasteiger partial charge in [-0.25, -0.2) is 4.79 Å². The highest BCUT2D eigenvalue weighted by Gasteiger charge is 2.29. The Morgan fingerprint density at radius 3 is 2.26 bits per heavy atom. The smallest absolute Gasteiger partial charge is 0.446 e. The molecular weight excluding hydrogens is 329 g/mol. The molecule has 0 bridgehead atoms. The molecule has 0 unspecified atom stereocenters. The lowest BCUT2D eigenvalue weighted by atomic mass is 10.2. The van der Waals surface area contributed by atoms with Crippen molar-refractivity contribution in [3.8, 4) is 11.5 Å². The number of anilines is 1. The van der Waals surface area contributed by atoms with Gasteiger partial charge in [0.2, 0.25) is 0 Å². The topological polar surface area (TPSA) is 64.3 Å². The standard InChI is InChI=1S/C15H13F3N2O2S/c1-9-8-12(6-7-13(9)23-15(16,17)18)22-11-4-2-10(3-5-11)20-14(19)21/h2-8H,1H3,(H3,19,20,21). The monoisotopic (exact) mass is 342 g/mol. The number of rotatable bonds is 4. The number of carbonyl (C=O) groups excluding carboxylic acids is 1. The van der Waals surface area contributed by atoms with E-state index in [1.165, 1.54) is 18.2 Å². The zero-order valence-electron chi connectivity index (χ0n) is 12.0. The average molecular weight is 342 g/mol. The number of hydrogen-bond acceptors (Lipinski definition) is 3. The van der Waals surface area contributed by atoms with Gasteiger partial charge in [0.15, 0.2) is 0 Å². The van der Waals surface area contributed by atoms with Gasteiger partial charge in [-0.15, -0.1) is 0 Å². The zero-order chi connectivity index (χ0) is 17.0. The van der Waals surface area contributed by atoms with Crippen LogP contribution in [0.4, 0.5) is 23.7 Å². The fraction of sp³-hybridized carbons (Fsp3) is 0.133. The molecule has 0 heterocycles. The molecule has 0 aliphatic carbocycles. The van der Waals surface area contributed by atoms with Crippen LogP contribution in [0.15, 0.2) is 47.4 Å². The van der Waals surface area contributed by atoms with Crippen molar-refractivity contribution in [3.05, 3.63) is 48.0 Å². The van der Waals surface area contributed by atoms with E-state index in [0.29, 0.717) is 22.7 Å². The van der Waals surface area contributed by atoms with Crippen molar-refractivity contribution in [2.75, 3.05) is 5.32 Å². The second-order valence-electron chi connectivity index (χ2n) is 4.59. The minimum atomic E-state index is -4.32. The Hall–Kier alpha value is -2.35. The summed E-state index contributed by atoms with van der Waals surface area (Å²) in [6.07, 6.45) is 0. The number of aryl methyl sites for hydroxylation is 1. The second-order valence-corrected chi connectivity index (χ2v) is 5.70. The molecule has 0 saturated heterocycles. The first-order valence-electron chi connectivity index (χ1n) is 6.44. The van der Waals surface area contributed by atoms with Crippen LogP contribution in [0.1, 0.15) is 5.56 Å². The van der Waals surface area contributed by atoms with Crippen LogP contribution in [0.2, 0.25) is 0 Å². The number of ether oxygens (including phenoxy) is 1. The van der Waals surface area contributed by atoms with E-state index in [4.69, 9.17) is 10.5 Å². The van der Waals surface area contributed by atoms with Crippen LogP contribution in [0.25, 0.3) is 0 Å². The van der Waals surface area contributed by atoms with Crippen LogP contribution in [0.5, 0.6) is 11.5 Å². The van der Waals surface area contributed by atoms with Crippen LogP contribution in [-0.4, -0.2) is 11.5 Å². The third-order valence-corrected chi connectivity index (χ3v) is 3.64.